The number of hydrogen-bond donors (Lipinski definition) is 2. The fraction of sp³-hybridized carbons (Fsp3) is 0.308. The van der Waals surface area contributed by atoms with Gasteiger partial charge in [0.2, 0.25) is 5.91 Å². The zero-order chi connectivity index (χ0) is 13.7. The lowest BCUT2D eigenvalue weighted by molar-refractivity contribution is -0.121. The van der Waals surface area contributed by atoms with E-state index in [0.717, 1.165) is 11.0 Å². The van der Waals surface area contributed by atoms with E-state index in [9.17, 15) is 4.79 Å². The molecule has 0 radical (unpaired) electrons. The Morgan fingerprint density at radius 3 is 3.00 bits per heavy atom. The molecule has 19 heavy (non-hydrogen) atoms. The SMILES string of the molecule is N#CCc1nc2ccccc2n1CC(=O)NCCO. The Hall–Kier alpha value is -2.39. The van der Waals surface area contributed by atoms with Crippen LogP contribution in [-0.2, 0) is 17.8 Å². The predicted molar refractivity (Wildman–Crippen MR) is 69.1 cm³/mol. The molecule has 0 atom stereocenters. The Bertz CT molecular complexity index is 627. The quantitative estimate of drug-likeness (QED) is 0.802. The largest absolute Gasteiger partial charge is 0.395 e. The van der Waals surface area contributed by atoms with E-state index in [1.807, 2.05) is 30.3 Å². The van der Waals surface area contributed by atoms with E-state index in [0.29, 0.717) is 5.82 Å². The average Bonchev–Trinajstić information content (AvgIpc) is 2.75. The number of aromatic nitrogens is 2. The van der Waals surface area contributed by atoms with E-state index in [2.05, 4.69) is 10.3 Å². The van der Waals surface area contributed by atoms with Crippen molar-refractivity contribution in [1.82, 2.24) is 14.9 Å². The smallest absolute Gasteiger partial charge is 0.240 e. The number of carbonyl (C=O) groups is 1. The van der Waals surface area contributed by atoms with Crippen LogP contribution >= 0.6 is 0 Å². The van der Waals surface area contributed by atoms with Gasteiger partial charge in [-0.25, -0.2) is 4.98 Å². The molecule has 0 aliphatic heterocycles. The first kappa shape index (κ1) is 13.1. The zero-order valence-electron chi connectivity index (χ0n) is 10.3. The van der Waals surface area contributed by atoms with Crippen molar-refractivity contribution < 1.29 is 9.90 Å². The summed E-state index contributed by atoms with van der Waals surface area (Å²) in [5, 5.41) is 20.1. The van der Waals surface area contributed by atoms with Crippen LogP contribution in [0, 0.1) is 11.3 Å². The van der Waals surface area contributed by atoms with Gasteiger partial charge >= 0.3 is 0 Å². The number of nitrogens with zero attached hydrogens (tertiary/aromatic N) is 3. The number of hydrogen-bond acceptors (Lipinski definition) is 4. The van der Waals surface area contributed by atoms with Crippen LogP contribution in [0.5, 0.6) is 0 Å². The van der Waals surface area contributed by atoms with Crippen LogP contribution in [0.25, 0.3) is 11.0 Å². The fourth-order valence-electron chi connectivity index (χ4n) is 1.90. The number of rotatable bonds is 5. The van der Waals surface area contributed by atoms with Gasteiger partial charge in [0.05, 0.1) is 30.1 Å². The molecule has 2 aromatic rings. The minimum atomic E-state index is -0.212. The molecule has 1 aromatic heterocycles. The second kappa shape index (κ2) is 5.98. The summed E-state index contributed by atoms with van der Waals surface area (Å²) in [5.41, 5.74) is 1.59. The Labute approximate surface area is 110 Å². The minimum absolute atomic E-state index is 0.0948. The maximum Gasteiger partial charge on any atom is 0.240 e. The van der Waals surface area contributed by atoms with Crippen LogP contribution < -0.4 is 5.32 Å². The molecule has 0 aliphatic rings. The lowest BCUT2D eigenvalue weighted by Gasteiger charge is -2.07. The second-order valence-corrected chi connectivity index (χ2v) is 4.01. The van der Waals surface area contributed by atoms with Gasteiger partial charge in [-0.2, -0.15) is 5.26 Å². The maximum atomic E-state index is 11.7. The first-order valence-corrected chi connectivity index (χ1v) is 5.95. The second-order valence-electron chi connectivity index (χ2n) is 4.01. The monoisotopic (exact) mass is 258 g/mol. The van der Waals surface area contributed by atoms with Gasteiger partial charge < -0.3 is 15.0 Å². The van der Waals surface area contributed by atoms with Crippen LogP contribution in [0.2, 0.25) is 0 Å². The summed E-state index contributed by atoms with van der Waals surface area (Å²) in [6.07, 6.45) is 0.155. The van der Waals surface area contributed by atoms with Gasteiger partial charge in [0.1, 0.15) is 12.4 Å². The normalized spacial score (nSPS) is 10.3. The van der Waals surface area contributed by atoms with E-state index in [-0.39, 0.29) is 32.0 Å². The average molecular weight is 258 g/mol. The summed E-state index contributed by atoms with van der Waals surface area (Å²) >= 11 is 0. The molecule has 1 heterocycles. The number of aliphatic hydroxyl groups is 1. The molecule has 0 fully saturated rings. The zero-order valence-corrected chi connectivity index (χ0v) is 10.3. The van der Waals surface area contributed by atoms with E-state index in [4.69, 9.17) is 10.4 Å². The number of fused-ring (bicyclic) bond motifs is 1. The molecule has 2 rings (SSSR count). The lowest BCUT2D eigenvalue weighted by Crippen LogP contribution is -2.30. The van der Waals surface area contributed by atoms with Gasteiger partial charge in [0.15, 0.2) is 0 Å². The number of para-hydroxylation sites is 2. The van der Waals surface area contributed by atoms with Crippen molar-refractivity contribution in [2.45, 2.75) is 13.0 Å². The van der Waals surface area contributed by atoms with E-state index in [1.54, 1.807) is 4.57 Å². The van der Waals surface area contributed by atoms with Gasteiger partial charge in [0.25, 0.3) is 0 Å². The van der Waals surface area contributed by atoms with Gasteiger partial charge in [-0.3, -0.25) is 4.79 Å². The van der Waals surface area contributed by atoms with Crippen LogP contribution in [0.15, 0.2) is 24.3 Å². The Balaban J connectivity index is 2.31. The van der Waals surface area contributed by atoms with Gasteiger partial charge in [-0.15, -0.1) is 0 Å². The number of aliphatic hydroxyl groups excluding tert-OH is 1. The number of amides is 1. The number of benzene rings is 1. The molecule has 0 aliphatic carbocycles. The molecule has 6 heteroatoms. The van der Waals surface area contributed by atoms with Crippen molar-refractivity contribution in [3.8, 4) is 6.07 Å². The molecule has 2 N–H and O–H groups in total. The van der Waals surface area contributed by atoms with Crippen molar-refractivity contribution in [1.29, 1.82) is 5.26 Å². The summed E-state index contributed by atoms with van der Waals surface area (Å²) < 4.78 is 1.73. The van der Waals surface area contributed by atoms with Crippen molar-refractivity contribution in [3.63, 3.8) is 0 Å². The van der Waals surface area contributed by atoms with E-state index >= 15 is 0 Å². The van der Waals surface area contributed by atoms with Gasteiger partial charge in [-0.1, -0.05) is 12.1 Å². The van der Waals surface area contributed by atoms with Crippen LogP contribution in [0.1, 0.15) is 5.82 Å². The van der Waals surface area contributed by atoms with Crippen LogP contribution in [0.4, 0.5) is 0 Å². The van der Waals surface area contributed by atoms with Crippen LogP contribution in [0.3, 0.4) is 0 Å². The molecule has 0 bridgehead atoms. The Morgan fingerprint density at radius 1 is 1.47 bits per heavy atom. The molecule has 98 valence electrons. The summed E-state index contributed by atoms with van der Waals surface area (Å²) in [6, 6.07) is 9.48. The number of imidazole rings is 1. The third kappa shape index (κ3) is 2.89. The molecular weight excluding hydrogens is 244 g/mol. The van der Waals surface area contributed by atoms with Crippen molar-refractivity contribution in [3.05, 3.63) is 30.1 Å². The summed E-state index contributed by atoms with van der Waals surface area (Å²) in [6.45, 7) is 0.220. The van der Waals surface area contributed by atoms with Gasteiger partial charge in [-0.05, 0) is 12.1 Å². The standard InChI is InChI=1S/C13H14N4O2/c14-6-5-12-16-10-3-1-2-4-11(10)17(12)9-13(19)15-7-8-18/h1-4,18H,5,7-9H2,(H,15,19). The third-order valence-electron chi connectivity index (χ3n) is 2.71. The van der Waals surface area contributed by atoms with Crippen LogP contribution in [-0.4, -0.2) is 33.7 Å². The molecule has 1 amide bonds. The highest BCUT2D eigenvalue weighted by Gasteiger charge is 2.12. The summed E-state index contributed by atoms with van der Waals surface area (Å²) in [5.74, 6) is 0.360. The molecule has 6 nitrogen and oxygen atoms in total. The lowest BCUT2D eigenvalue weighted by atomic mass is 10.3. The number of carbonyl (C=O) groups excluding carboxylic acids is 1. The molecule has 0 saturated carbocycles. The summed E-state index contributed by atoms with van der Waals surface area (Å²) in [7, 11) is 0. The molecule has 0 unspecified atom stereocenters. The fourth-order valence-corrected chi connectivity index (χ4v) is 1.90. The Kier molecular flexibility index (Phi) is 4.11. The molecule has 0 saturated heterocycles. The molecule has 1 aromatic carbocycles. The molecular formula is C13H14N4O2. The Morgan fingerprint density at radius 2 is 2.26 bits per heavy atom. The molecule has 0 spiro atoms. The highest BCUT2D eigenvalue weighted by molar-refractivity contribution is 5.81. The van der Waals surface area contributed by atoms with Crippen molar-refractivity contribution in [2.75, 3.05) is 13.2 Å². The van der Waals surface area contributed by atoms with E-state index < -0.39 is 0 Å². The van der Waals surface area contributed by atoms with Crippen molar-refractivity contribution in [2.24, 2.45) is 0 Å². The van der Waals surface area contributed by atoms with Gasteiger partial charge in [0, 0.05) is 6.54 Å². The minimum Gasteiger partial charge on any atom is -0.395 e. The predicted octanol–water partition coefficient (Wildman–Crippen LogP) is 0.211. The first-order valence-electron chi connectivity index (χ1n) is 5.95. The third-order valence-corrected chi connectivity index (χ3v) is 2.71. The first-order chi connectivity index (χ1) is 9.26. The highest BCUT2D eigenvalue weighted by Crippen LogP contribution is 2.16. The number of nitrogens with one attached hydrogen (secondary N) is 1. The summed E-state index contributed by atoms with van der Waals surface area (Å²) in [4.78, 5) is 16.1. The highest BCUT2D eigenvalue weighted by atomic mass is 16.3. The number of nitriles is 1. The maximum absolute atomic E-state index is 11.7. The van der Waals surface area contributed by atoms with E-state index in [1.165, 1.54) is 0 Å². The topological polar surface area (TPSA) is 90.9 Å². The van der Waals surface area contributed by atoms with Crippen molar-refractivity contribution >= 4 is 16.9 Å².